The second-order valence-corrected chi connectivity index (χ2v) is 6.75. The predicted molar refractivity (Wildman–Crippen MR) is 125 cm³/mol. The molecule has 27 heavy (non-hydrogen) atoms. The summed E-state index contributed by atoms with van der Waals surface area (Å²) in [6.45, 7) is 1.44. The van der Waals surface area contributed by atoms with E-state index in [1.165, 1.54) is 10.5 Å². The molecule has 0 heterocycles. The Kier molecular flexibility index (Phi) is 10.9. The lowest BCUT2D eigenvalue weighted by molar-refractivity contribution is -0.120. The van der Waals surface area contributed by atoms with Gasteiger partial charge >= 0.3 is 0 Å². The maximum Gasteiger partial charge on any atom is 0.239 e. The topological polar surface area (TPSA) is 56.7 Å². The Balaban J connectivity index is 0.00000364. The number of carbonyl (C=O) groups is 1. The number of guanidine groups is 1. The molecule has 2 N–H and O–H groups in total. The van der Waals surface area contributed by atoms with Gasteiger partial charge in [0.05, 0.1) is 6.54 Å². The average molecular weight is 498 g/mol. The minimum atomic E-state index is -0.0623. The van der Waals surface area contributed by atoms with Gasteiger partial charge in [0.25, 0.3) is 0 Å². The molecule has 0 saturated carbocycles. The SMILES string of the molecule is CN=C(NCC(=O)NCc1ccccc1)N(C)Cc1ccc(SC)cc1.I. The molecule has 0 saturated heterocycles. The van der Waals surface area contributed by atoms with Crippen molar-refractivity contribution in [2.75, 3.05) is 26.9 Å². The normalized spacial score (nSPS) is 10.7. The summed E-state index contributed by atoms with van der Waals surface area (Å²) < 4.78 is 0. The zero-order chi connectivity index (χ0) is 18.8. The van der Waals surface area contributed by atoms with E-state index >= 15 is 0 Å². The summed E-state index contributed by atoms with van der Waals surface area (Å²) in [5.41, 5.74) is 2.28. The van der Waals surface area contributed by atoms with Gasteiger partial charge in [-0.2, -0.15) is 0 Å². The minimum Gasteiger partial charge on any atom is -0.350 e. The Hall–Kier alpha value is -1.74. The molecule has 146 valence electrons. The molecule has 0 aliphatic rings. The molecule has 0 unspecified atom stereocenters. The number of halogens is 1. The van der Waals surface area contributed by atoms with E-state index < -0.39 is 0 Å². The van der Waals surface area contributed by atoms with Crippen molar-refractivity contribution >= 4 is 47.6 Å². The first-order valence-electron chi connectivity index (χ1n) is 8.47. The molecule has 5 nitrogen and oxygen atoms in total. The molecule has 0 aromatic heterocycles. The van der Waals surface area contributed by atoms with Crippen LogP contribution in [0.2, 0.25) is 0 Å². The van der Waals surface area contributed by atoms with Gasteiger partial charge in [-0.25, -0.2) is 0 Å². The van der Waals surface area contributed by atoms with Crippen LogP contribution in [0.5, 0.6) is 0 Å². The van der Waals surface area contributed by atoms with Gasteiger partial charge in [0.2, 0.25) is 5.91 Å². The fourth-order valence-corrected chi connectivity index (χ4v) is 2.89. The Morgan fingerprint density at radius 2 is 1.70 bits per heavy atom. The summed E-state index contributed by atoms with van der Waals surface area (Å²) in [5.74, 6) is 0.626. The quantitative estimate of drug-likeness (QED) is 0.266. The summed E-state index contributed by atoms with van der Waals surface area (Å²) in [6.07, 6.45) is 2.07. The van der Waals surface area contributed by atoms with Gasteiger partial charge in [-0.05, 0) is 29.5 Å². The van der Waals surface area contributed by atoms with Crippen molar-refractivity contribution < 1.29 is 4.79 Å². The average Bonchev–Trinajstić information content (AvgIpc) is 2.68. The van der Waals surface area contributed by atoms with E-state index in [9.17, 15) is 4.79 Å². The number of rotatable bonds is 7. The lowest BCUT2D eigenvalue weighted by Gasteiger charge is -2.22. The van der Waals surface area contributed by atoms with E-state index in [4.69, 9.17) is 0 Å². The number of thioether (sulfide) groups is 1. The molecule has 2 aromatic carbocycles. The molecule has 0 atom stereocenters. The molecule has 0 aliphatic heterocycles. The summed E-state index contributed by atoms with van der Waals surface area (Å²) in [4.78, 5) is 19.5. The number of nitrogens with one attached hydrogen (secondary N) is 2. The summed E-state index contributed by atoms with van der Waals surface area (Å²) in [7, 11) is 3.68. The second kappa shape index (κ2) is 12.6. The van der Waals surface area contributed by atoms with Crippen molar-refractivity contribution in [3.8, 4) is 0 Å². The van der Waals surface area contributed by atoms with Gasteiger partial charge < -0.3 is 15.5 Å². The van der Waals surface area contributed by atoms with Gasteiger partial charge in [-0.15, -0.1) is 35.7 Å². The van der Waals surface area contributed by atoms with E-state index in [2.05, 4.69) is 46.1 Å². The van der Waals surface area contributed by atoms with Crippen molar-refractivity contribution in [1.82, 2.24) is 15.5 Å². The number of hydrogen-bond donors (Lipinski definition) is 2. The number of amides is 1. The van der Waals surface area contributed by atoms with Crippen LogP contribution >= 0.6 is 35.7 Å². The van der Waals surface area contributed by atoms with Gasteiger partial charge in [-0.1, -0.05) is 42.5 Å². The third-order valence-corrected chi connectivity index (χ3v) is 4.64. The van der Waals surface area contributed by atoms with Crippen LogP contribution in [0.25, 0.3) is 0 Å². The highest BCUT2D eigenvalue weighted by atomic mass is 127. The summed E-state index contributed by atoms with van der Waals surface area (Å²) >= 11 is 1.73. The van der Waals surface area contributed by atoms with Crippen LogP contribution in [0.4, 0.5) is 0 Å². The predicted octanol–water partition coefficient (Wildman–Crippen LogP) is 3.35. The Morgan fingerprint density at radius 3 is 2.30 bits per heavy atom. The highest BCUT2D eigenvalue weighted by Gasteiger charge is 2.09. The zero-order valence-corrected chi connectivity index (χ0v) is 19.1. The largest absolute Gasteiger partial charge is 0.350 e. The number of aliphatic imine (C=N–C) groups is 1. The molecule has 2 aromatic rings. The summed E-state index contributed by atoms with van der Waals surface area (Å²) in [5, 5.41) is 6.01. The lowest BCUT2D eigenvalue weighted by atomic mass is 10.2. The molecule has 0 radical (unpaired) electrons. The highest BCUT2D eigenvalue weighted by molar-refractivity contribution is 14.0. The Bertz CT molecular complexity index is 723. The molecule has 7 heteroatoms. The van der Waals surface area contributed by atoms with Crippen LogP contribution in [0.1, 0.15) is 11.1 Å². The first-order chi connectivity index (χ1) is 12.6. The third-order valence-electron chi connectivity index (χ3n) is 3.89. The standard InChI is InChI=1S/C20H26N4OS.HI/c1-21-20(24(2)15-17-9-11-18(26-3)12-10-17)23-14-19(25)22-13-16-7-5-4-6-8-16;/h4-12H,13-15H2,1-3H3,(H,21,23)(H,22,25);1H. The molecule has 0 bridgehead atoms. The molecular weight excluding hydrogens is 471 g/mol. The smallest absolute Gasteiger partial charge is 0.239 e. The minimum absolute atomic E-state index is 0. The first-order valence-corrected chi connectivity index (χ1v) is 9.70. The van der Waals surface area contributed by atoms with Gasteiger partial charge in [0, 0.05) is 32.1 Å². The second-order valence-electron chi connectivity index (χ2n) is 5.87. The van der Waals surface area contributed by atoms with E-state index in [-0.39, 0.29) is 36.4 Å². The van der Waals surface area contributed by atoms with E-state index in [1.807, 2.05) is 42.3 Å². The van der Waals surface area contributed by atoms with E-state index in [1.54, 1.807) is 18.8 Å². The third kappa shape index (κ3) is 8.21. The van der Waals surface area contributed by atoms with Crippen molar-refractivity contribution in [1.29, 1.82) is 0 Å². The van der Waals surface area contributed by atoms with Gasteiger partial charge in [0.1, 0.15) is 0 Å². The Labute approximate surface area is 183 Å². The van der Waals surface area contributed by atoms with Crippen molar-refractivity contribution in [3.05, 3.63) is 65.7 Å². The number of carbonyl (C=O) groups excluding carboxylic acids is 1. The number of hydrogen-bond acceptors (Lipinski definition) is 3. The van der Waals surface area contributed by atoms with Gasteiger partial charge in [0.15, 0.2) is 5.96 Å². The maximum atomic E-state index is 12.0. The molecule has 2 rings (SSSR count). The van der Waals surface area contributed by atoms with Crippen LogP contribution in [-0.4, -0.2) is 43.7 Å². The van der Waals surface area contributed by atoms with Crippen molar-refractivity contribution in [3.63, 3.8) is 0 Å². The van der Waals surface area contributed by atoms with Crippen LogP contribution in [-0.2, 0) is 17.9 Å². The van der Waals surface area contributed by atoms with Gasteiger partial charge in [-0.3, -0.25) is 9.79 Å². The molecule has 1 amide bonds. The first kappa shape index (κ1) is 23.3. The fraction of sp³-hybridized carbons (Fsp3) is 0.300. The monoisotopic (exact) mass is 498 g/mol. The Morgan fingerprint density at radius 1 is 1.04 bits per heavy atom. The number of benzene rings is 2. The number of nitrogens with zero attached hydrogens (tertiary/aromatic N) is 2. The van der Waals surface area contributed by atoms with Crippen LogP contribution in [0.3, 0.4) is 0 Å². The van der Waals surface area contributed by atoms with Crippen LogP contribution < -0.4 is 10.6 Å². The zero-order valence-electron chi connectivity index (χ0n) is 15.9. The van der Waals surface area contributed by atoms with Crippen LogP contribution in [0, 0.1) is 0 Å². The lowest BCUT2D eigenvalue weighted by Crippen LogP contribution is -2.43. The van der Waals surface area contributed by atoms with E-state index in [0.717, 1.165) is 12.1 Å². The molecule has 0 fully saturated rings. The fourth-order valence-electron chi connectivity index (χ4n) is 2.48. The van der Waals surface area contributed by atoms with Crippen molar-refractivity contribution in [2.45, 2.75) is 18.0 Å². The molecular formula is C20H27IN4OS. The molecule has 0 spiro atoms. The highest BCUT2D eigenvalue weighted by Crippen LogP contribution is 2.15. The van der Waals surface area contributed by atoms with E-state index in [0.29, 0.717) is 12.5 Å². The van der Waals surface area contributed by atoms with Crippen molar-refractivity contribution in [2.24, 2.45) is 4.99 Å². The summed E-state index contributed by atoms with van der Waals surface area (Å²) in [6, 6.07) is 18.3. The maximum absolute atomic E-state index is 12.0. The molecule has 0 aliphatic carbocycles. The van der Waals surface area contributed by atoms with Crippen LogP contribution in [0.15, 0.2) is 64.5 Å².